The van der Waals surface area contributed by atoms with Gasteiger partial charge in [-0.25, -0.2) is 4.98 Å². The molecule has 2 heterocycles. The zero-order valence-corrected chi connectivity index (χ0v) is 16.7. The summed E-state index contributed by atoms with van der Waals surface area (Å²) in [5, 5.41) is 14.3. The smallest absolute Gasteiger partial charge is 0.345 e. The minimum Gasteiger partial charge on any atom is -0.493 e. The number of aryl methyl sites for hydroxylation is 2. The van der Waals surface area contributed by atoms with Gasteiger partial charge in [-0.1, -0.05) is 0 Å². The number of hydrogen-bond acceptors (Lipinski definition) is 7. The van der Waals surface area contributed by atoms with Gasteiger partial charge in [0, 0.05) is 23.1 Å². The molecule has 3 aromatic rings. The van der Waals surface area contributed by atoms with Gasteiger partial charge in [0.2, 0.25) is 5.91 Å². The van der Waals surface area contributed by atoms with E-state index in [2.05, 4.69) is 10.3 Å². The number of hydrogen-bond donors (Lipinski definition) is 1. The second-order valence-corrected chi connectivity index (χ2v) is 7.15. The van der Waals surface area contributed by atoms with Gasteiger partial charge in [-0.15, -0.1) is 0 Å². The molecule has 28 heavy (non-hydrogen) atoms. The van der Waals surface area contributed by atoms with Gasteiger partial charge in [0.15, 0.2) is 5.13 Å². The van der Waals surface area contributed by atoms with E-state index in [0.717, 1.165) is 45.4 Å². The maximum absolute atomic E-state index is 12.3. The van der Waals surface area contributed by atoms with Crippen molar-refractivity contribution in [1.82, 2.24) is 4.98 Å². The molecule has 0 aliphatic carbocycles. The van der Waals surface area contributed by atoms with Crippen molar-refractivity contribution in [2.75, 3.05) is 11.9 Å². The van der Waals surface area contributed by atoms with E-state index in [-0.39, 0.29) is 10.1 Å². The first-order chi connectivity index (χ1) is 13.3. The molecule has 0 unspecified atom stereocenters. The van der Waals surface area contributed by atoms with Crippen LogP contribution in [0.2, 0.25) is 0 Å². The number of allylic oxidation sites excluding steroid dienone is 1. The van der Waals surface area contributed by atoms with Gasteiger partial charge < -0.3 is 9.15 Å². The number of fused-ring (bicyclic) bond motifs is 1. The lowest BCUT2D eigenvalue weighted by Crippen LogP contribution is -2.08. The van der Waals surface area contributed by atoms with Crippen LogP contribution in [0.5, 0.6) is 5.75 Å². The molecule has 0 atom stereocenters. The van der Waals surface area contributed by atoms with E-state index in [1.165, 1.54) is 6.08 Å². The van der Waals surface area contributed by atoms with E-state index in [0.29, 0.717) is 17.9 Å². The molecule has 0 bridgehead atoms. The molecule has 1 amide bonds. The van der Waals surface area contributed by atoms with Crippen LogP contribution in [0.1, 0.15) is 30.7 Å². The monoisotopic (exact) mass is 401 g/mol. The fourth-order valence-electron chi connectivity index (χ4n) is 2.78. The normalized spacial score (nSPS) is 11.6. The number of carbonyl (C=O) groups excluding carboxylic acids is 1. The summed E-state index contributed by atoms with van der Waals surface area (Å²) in [6.45, 7) is 8.04. The highest BCUT2D eigenvalue weighted by atomic mass is 32.1. The minimum absolute atomic E-state index is 0.133. The van der Waals surface area contributed by atoms with Gasteiger partial charge in [0.05, 0.1) is 11.5 Å². The summed E-state index contributed by atoms with van der Waals surface area (Å²) in [7, 11) is 0. The number of anilines is 1. The van der Waals surface area contributed by atoms with Gasteiger partial charge in [-0.3, -0.25) is 20.2 Å². The summed E-state index contributed by atoms with van der Waals surface area (Å²) < 4.78 is 11.5. The number of aromatic nitrogens is 1. The van der Waals surface area contributed by atoms with E-state index >= 15 is 0 Å². The highest BCUT2D eigenvalue weighted by Crippen LogP contribution is 2.35. The van der Waals surface area contributed by atoms with E-state index in [4.69, 9.17) is 9.15 Å². The molecular formula is C19H19N3O5S. The molecule has 0 saturated heterocycles. The number of nitrogens with one attached hydrogen (secondary N) is 1. The lowest BCUT2D eigenvalue weighted by atomic mass is 10.0. The molecule has 0 radical (unpaired) electrons. The Morgan fingerprint density at radius 1 is 1.43 bits per heavy atom. The van der Waals surface area contributed by atoms with E-state index in [9.17, 15) is 14.9 Å². The van der Waals surface area contributed by atoms with Crippen LogP contribution in [0, 0.1) is 24.0 Å². The Morgan fingerprint density at radius 3 is 2.82 bits per heavy atom. The molecule has 9 heteroatoms. The third-order valence-corrected chi connectivity index (χ3v) is 5.12. The van der Waals surface area contributed by atoms with E-state index < -0.39 is 10.8 Å². The third kappa shape index (κ3) is 3.89. The number of rotatable bonds is 6. The largest absolute Gasteiger partial charge is 0.493 e. The van der Waals surface area contributed by atoms with Crippen LogP contribution in [-0.2, 0) is 4.79 Å². The Balaban J connectivity index is 1.92. The third-order valence-electron chi connectivity index (χ3n) is 4.25. The quantitative estimate of drug-likeness (QED) is 0.359. The Hall–Kier alpha value is -3.20. The molecule has 0 aliphatic rings. The maximum atomic E-state index is 12.3. The Morgan fingerprint density at radius 2 is 2.18 bits per heavy atom. The topological polar surface area (TPSA) is 108 Å². The Kier molecular flexibility index (Phi) is 5.46. The first-order valence-corrected chi connectivity index (χ1v) is 9.38. The average Bonchev–Trinajstić information content (AvgIpc) is 3.19. The number of ether oxygens (including phenoxy) is 1. The molecule has 8 nitrogen and oxygen atoms in total. The first kappa shape index (κ1) is 19.6. The molecule has 146 valence electrons. The number of thiazole rings is 1. The second kappa shape index (κ2) is 7.81. The van der Waals surface area contributed by atoms with Crippen molar-refractivity contribution in [3.05, 3.63) is 51.4 Å². The van der Waals surface area contributed by atoms with Crippen molar-refractivity contribution >= 4 is 43.9 Å². The molecule has 2 aromatic heterocycles. The predicted molar refractivity (Wildman–Crippen MR) is 108 cm³/mol. The lowest BCUT2D eigenvalue weighted by Gasteiger charge is -2.11. The van der Waals surface area contributed by atoms with Crippen LogP contribution in [0.25, 0.3) is 16.5 Å². The second-order valence-electron chi connectivity index (χ2n) is 6.14. The average molecular weight is 401 g/mol. The van der Waals surface area contributed by atoms with Gasteiger partial charge in [0.1, 0.15) is 23.3 Å². The van der Waals surface area contributed by atoms with Gasteiger partial charge in [-0.05, 0) is 56.2 Å². The fourth-order valence-corrected chi connectivity index (χ4v) is 3.41. The summed E-state index contributed by atoms with van der Waals surface area (Å²) in [5.74, 6) is 1.03. The Labute approximate surface area is 165 Å². The SMILES string of the molecule is CCOc1cc2oc(C)c(C)c2cc1/C(C)=C/C(=O)Nc1ncc([N+](=O)[O-])s1. The number of nitrogens with zero attached hydrogens (tertiary/aromatic N) is 2. The standard InChI is InChI=1S/C19H19N3O5S/c1-5-26-15-8-16-14(11(3)12(4)27-16)7-13(15)10(2)6-17(23)21-19-20-9-18(28-19)22(24)25/h6-9H,5H2,1-4H3,(H,20,21,23)/b10-6+. The number of amides is 1. The maximum Gasteiger partial charge on any atom is 0.345 e. The molecule has 1 N–H and O–H groups in total. The molecule has 1 aromatic carbocycles. The molecule has 0 saturated carbocycles. The highest BCUT2D eigenvalue weighted by Gasteiger charge is 2.16. The van der Waals surface area contributed by atoms with Crippen molar-refractivity contribution in [2.24, 2.45) is 0 Å². The van der Waals surface area contributed by atoms with Gasteiger partial charge in [0.25, 0.3) is 0 Å². The van der Waals surface area contributed by atoms with Crippen LogP contribution in [0.15, 0.2) is 28.8 Å². The predicted octanol–water partition coefficient (Wildman–Crippen LogP) is 4.86. The van der Waals surface area contributed by atoms with Crippen molar-refractivity contribution in [1.29, 1.82) is 0 Å². The van der Waals surface area contributed by atoms with Crippen LogP contribution in [0.4, 0.5) is 10.1 Å². The van der Waals surface area contributed by atoms with Crippen molar-refractivity contribution in [3.8, 4) is 5.75 Å². The molecule has 0 spiro atoms. The number of nitro groups is 1. The van der Waals surface area contributed by atoms with Crippen molar-refractivity contribution in [2.45, 2.75) is 27.7 Å². The zero-order chi connectivity index (χ0) is 20.4. The minimum atomic E-state index is -0.548. The van der Waals surface area contributed by atoms with Gasteiger partial charge in [-0.2, -0.15) is 0 Å². The van der Waals surface area contributed by atoms with Gasteiger partial charge >= 0.3 is 5.00 Å². The first-order valence-electron chi connectivity index (χ1n) is 8.56. The molecule has 3 rings (SSSR count). The summed E-state index contributed by atoms with van der Waals surface area (Å²) in [6, 6.07) is 3.77. The molecular weight excluding hydrogens is 382 g/mol. The molecule has 0 aliphatic heterocycles. The van der Waals surface area contributed by atoms with Crippen LogP contribution in [0.3, 0.4) is 0 Å². The van der Waals surface area contributed by atoms with Crippen LogP contribution >= 0.6 is 11.3 Å². The van der Waals surface area contributed by atoms with E-state index in [1.807, 2.05) is 32.9 Å². The zero-order valence-electron chi connectivity index (χ0n) is 15.9. The number of benzene rings is 1. The van der Waals surface area contributed by atoms with Crippen LogP contribution < -0.4 is 10.1 Å². The summed E-state index contributed by atoms with van der Waals surface area (Å²) in [4.78, 5) is 26.3. The summed E-state index contributed by atoms with van der Waals surface area (Å²) >= 11 is 0.802. The van der Waals surface area contributed by atoms with Crippen LogP contribution in [-0.4, -0.2) is 22.4 Å². The van der Waals surface area contributed by atoms with Crippen molar-refractivity contribution < 1.29 is 18.9 Å². The summed E-state index contributed by atoms with van der Waals surface area (Å²) in [5.41, 5.74) is 3.23. The van der Waals surface area contributed by atoms with E-state index in [1.54, 1.807) is 6.92 Å². The van der Waals surface area contributed by atoms with Crippen molar-refractivity contribution in [3.63, 3.8) is 0 Å². The fraction of sp³-hybridized carbons (Fsp3) is 0.263. The summed E-state index contributed by atoms with van der Waals surface area (Å²) in [6.07, 6.45) is 2.53. The Bertz CT molecular complexity index is 1100. The lowest BCUT2D eigenvalue weighted by molar-refractivity contribution is -0.380. The molecule has 0 fully saturated rings. The number of carbonyl (C=O) groups is 1. The number of furan rings is 1. The highest BCUT2D eigenvalue weighted by molar-refractivity contribution is 7.18.